The van der Waals surface area contributed by atoms with Crippen LogP contribution in [0.4, 0.5) is 17.1 Å². The van der Waals surface area contributed by atoms with E-state index in [2.05, 4.69) is 126 Å². The molecule has 0 aliphatic carbocycles. The second kappa shape index (κ2) is 12.1. The summed E-state index contributed by atoms with van der Waals surface area (Å²) >= 11 is 0. The Balaban J connectivity index is 1.09. The van der Waals surface area contributed by atoms with Gasteiger partial charge in [0.1, 0.15) is 27.8 Å². The molecule has 254 valence electrons. The van der Waals surface area contributed by atoms with Gasteiger partial charge in [0, 0.05) is 50.3 Å². The van der Waals surface area contributed by atoms with E-state index in [0.29, 0.717) is 5.89 Å². The Morgan fingerprint density at radius 2 is 1.00 bits per heavy atom. The largest absolute Gasteiger partial charge is 0.456 e. The molecule has 3 heterocycles. The summed E-state index contributed by atoms with van der Waals surface area (Å²) in [6.45, 7) is 0. The van der Waals surface area contributed by atoms with Gasteiger partial charge in [-0.2, -0.15) is 0 Å². The smallest absolute Gasteiger partial charge is 0.227 e. The molecule has 3 aromatic heterocycles. The molecule has 5 nitrogen and oxygen atoms in total. The van der Waals surface area contributed by atoms with Gasteiger partial charge in [-0.25, -0.2) is 4.98 Å². The van der Waals surface area contributed by atoms with E-state index in [1.165, 1.54) is 0 Å². The standard InChI is InChI=1S/C49H30N2O3/c1-3-13-31(14-4-1)36-17-7-10-20-42(36)51(35-27-28-38-37-18-8-11-21-43(37)52-45(38)29-35)34-25-23-32(24-26-34)40-30-41-48(54-49(50-41)33-15-5-2-6-16-33)46-39-19-9-12-22-44(39)53-47(40)46/h1-30H. The molecule has 0 spiro atoms. The Bertz CT molecular complexity index is 3160. The number of rotatable bonds is 6. The summed E-state index contributed by atoms with van der Waals surface area (Å²) in [5.74, 6) is 0.582. The monoisotopic (exact) mass is 694 g/mol. The summed E-state index contributed by atoms with van der Waals surface area (Å²) in [5, 5.41) is 4.12. The molecule has 0 radical (unpaired) electrons. The highest BCUT2D eigenvalue weighted by atomic mass is 16.4. The van der Waals surface area contributed by atoms with Crippen molar-refractivity contribution in [1.29, 1.82) is 0 Å². The lowest BCUT2D eigenvalue weighted by Gasteiger charge is -2.28. The molecule has 0 aliphatic heterocycles. The number of furan rings is 2. The number of anilines is 3. The van der Waals surface area contributed by atoms with Crippen LogP contribution in [0.25, 0.3) is 88.7 Å². The lowest BCUT2D eigenvalue weighted by molar-refractivity contribution is 0.622. The van der Waals surface area contributed by atoms with Crippen LogP contribution in [-0.4, -0.2) is 4.98 Å². The van der Waals surface area contributed by atoms with Gasteiger partial charge in [0.25, 0.3) is 0 Å². The SMILES string of the molecule is c1ccc(-c2nc3cc(-c4ccc(N(c5ccc6c(c5)oc5ccccc56)c5ccccc5-c5ccccc5)cc4)c4oc5ccccc5c4c3o2)cc1. The normalized spacial score (nSPS) is 11.7. The number of nitrogens with zero attached hydrogens (tertiary/aromatic N) is 2. The third-order valence-corrected chi connectivity index (χ3v) is 10.3. The van der Waals surface area contributed by atoms with Crippen LogP contribution in [0.5, 0.6) is 0 Å². The molecule has 5 heteroatoms. The van der Waals surface area contributed by atoms with Crippen molar-refractivity contribution in [3.05, 3.63) is 182 Å². The average Bonchev–Trinajstić information content (AvgIpc) is 3.95. The van der Waals surface area contributed by atoms with E-state index in [1.807, 2.05) is 60.7 Å². The molecule has 0 atom stereocenters. The average molecular weight is 695 g/mol. The summed E-state index contributed by atoms with van der Waals surface area (Å²) in [7, 11) is 0. The number of benzene rings is 8. The fourth-order valence-electron chi connectivity index (χ4n) is 7.79. The van der Waals surface area contributed by atoms with Gasteiger partial charge in [-0.05, 0) is 71.8 Å². The lowest BCUT2D eigenvalue weighted by Crippen LogP contribution is -2.11. The van der Waals surface area contributed by atoms with Crippen molar-refractivity contribution in [2.45, 2.75) is 0 Å². The van der Waals surface area contributed by atoms with Crippen LogP contribution in [0.15, 0.2) is 195 Å². The van der Waals surface area contributed by atoms with E-state index in [4.69, 9.17) is 18.2 Å². The van der Waals surface area contributed by atoms with Crippen molar-refractivity contribution in [3.63, 3.8) is 0 Å². The highest BCUT2D eigenvalue weighted by Crippen LogP contribution is 2.45. The molecule has 0 amide bonds. The summed E-state index contributed by atoms with van der Waals surface area (Å²) in [6.07, 6.45) is 0. The Hall–Kier alpha value is -7.37. The molecule has 8 aromatic carbocycles. The molecule has 54 heavy (non-hydrogen) atoms. The van der Waals surface area contributed by atoms with Crippen LogP contribution in [0, 0.1) is 0 Å². The van der Waals surface area contributed by atoms with Crippen LogP contribution in [0.3, 0.4) is 0 Å². The van der Waals surface area contributed by atoms with Crippen molar-refractivity contribution in [1.82, 2.24) is 4.98 Å². The van der Waals surface area contributed by atoms with Crippen LogP contribution >= 0.6 is 0 Å². The third-order valence-electron chi connectivity index (χ3n) is 10.3. The van der Waals surface area contributed by atoms with Crippen molar-refractivity contribution < 1.29 is 13.3 Å². The van der Waals surface area contributed by atoms with Crippen LogP contribution in [0.2, 0.25) is 0 Å². The highest BCUT2D eigenvalue weighted by Gasteiger charge is 2.23. The van der Waals surface area contributed by atoms with E-state index in [1.54, 1.807) is 0 Å². The number of hydrogen-bond donors (Lipinski definition) is 0. The lowest BCUT2D eigenvalue weighted by atomic mass is 9.99. The molecular weight excluding hydrogens is 665 g/mol. The second-order valence-corrected chi connectivity index (χ2v) is 13.5. The zero-order chi connectivity index (χ0) is 35.6. The summed E-state index contributed by atoms with van der Waals surface area (Å²) < 4.78 is 19.5. The molecule has 11 rings (SSSR count). The van der Waals surface area contributed by atoms with Gasteiger partial charge < -0.3 is 18.2 Å². The van der Waals surface area contributed by atoms with Crippen molar-refractivity contribution >= 4 is 72.0 Å². The third kappa shape index (κ3) is 4.83. The quantitative estimate of drug-likeness (QED) is 0.173. The van der Waals surface area contributed by atoms with Crippen molar-refractivity contribution in [3.8, 4) is 33.7 Å². The molecule has 0 saturated carbocycles. The van der Waals surface area contributed by atoms with Crippen LogP contribution in [-0.2, 0) is 0 Å². The fourth-order valence-corrected chi connectivity index (χ4v) is 7.79. The first-order chi connectivity index (χ1) is 26.8. The second-order valence-electron chi connectivity index (χ2n) is 13.5. The van der Waals surface area contributed by atoms with Crippen molar-refractivity contribution in [2.24, 2.45) is 0 Å². The Morgan fingerprint density at radius 1 is 0.389 bits per heavy atom. The number of aromatic nitrogens is 1. The first-order valence-corrected chi connectivity index (χ1v) is 18.0. The minimum atomic E-state index is 0.582. The zero-order valence-corrected chi connectivity index (χ0v) is 28.9. The van der Waals surface area contributed by atoms with E-state index in [0.717, 1.165) is 99.9 Å². The zero-order valence-electron chi connectivity index (χ0n) is 28.9. The van der Waals surface area contributed by atoms with Crippen LogP contribution < -0.4 is 4.90 Å². The van der Waals surface area contributed by atoms with Gasteiger partial charge in [-0.15, -0.1) is 0 Å². The number of fused-ring (bicyclic) bond motifs is 8. The van der Waals surface area contributed by atoms with E-state index < -0.39 is 0 Å². The molecule has 0 aliphatic rings. The number of oxazole rings is 1. The summed E-state index contributed by atoms with van der Waals surface area (Å²) in [4.78, 5) is 7.29. The Morgan fingerprint density at radius 3 is 1.80 bits per heavy atom. The van der Waals surface area contributed by atoms with Crippen molar-refractivity contribution in [2.75, 3.05) is 4.90 Å². The van der Waals surface area contributed by atoms with E-state index in [9.17, 15) is 0 Å². The molecule has 0 unspecified atom stereocenters. The molecule has 0 bridgehead atoms. The van der Waals surface area contributed by atoms with Crippen LogP contribution in [0.1, 0.15) is 0 Å². The Labute approximate surface area is 309 Å². The maximum Gasteiger partial charge on any atom is 0.227 e. The highest BCUT2D eigenvalue weighted by molar-refractivity contribution is 6.20. The van der Waals surface area contributed by atoms with Gasteiger partial charge in [-0.1, -0.05) is 115 Å². The first kappa shape index (κ1) is 30.3. The molecule has 0 N–H and O–H groups in total. The van der Waals surface area contributed by atoms with Gasteiger partial charge in [-0.3, -0.25) is 0 Å². The van der Waals surface area contributed by atoms with Gasteiger partial charge >= 0.3 is 0 Å². The first-order valence-electron chi connectivity index (χ1n) is 18.0. The summed E-state index contributed by atoms with van der Waals surface area (Å²) in [6, 6.07) is 62.7. The Kier molecular flexibility index (Phi) is 6.79. The molecule has 11 aromatic rings. The van der Waals surface area contributed by atoms with Gasteiger partial charge in [0.05, 0.1) is 11.1 Å². The predicted molar refractivity (Wildman–Crippen MR) is 220 cm³/mol. The fraction of sp³-hybridized carbons (Fsp3) is 0. The molecule has 0 fully saturated rings. The minimum absolute atomic E-state index is 0.582. The number of hydrogen-bond acceptors (Lipinski definition) is 5. The van der Waals surface area contributed by atoms with Gasteiger partial charge in [0.15, 0.2) is 5.58 Å². The molecular formula is C49H30N2O3. The van der Waals surface area contributed by atoms with Gasteiger partial charge in [0.2, 0.25) is 5.89 Å². The van der Waals surface area contributed by atoms with E-state index >= 15 is 0 Å². The number of para-hydroxylation sites is 3. The summed E-state index contributed by atoms with van der Waals surface area (Å²) in [5.41, 5.74) is 13.0. The maximum absolute atomic E-state index is 6.60. The predicted octanol–water partition coefficient (Wildman–Crippen LogP) is 14.1. The minimum Gasteiger partial charge on any atom is -0.456 e. The van der Waals surface area contributed by atoms with E-state index in [-0.39, 0.29) is 0 Å². The molecule has 0 saturated heterocycles. The maximum atomic E-state index is 6.60. The topological polar surface area (TPSA) is 55.6 Å².